The van der Waals surface area contributed by atoms with Crippen LogP contribution in [0, 0.1) is 18.3 Å². The lowest BCUT2D eigenvalue weighted by molar-refractivity contribution is 0.600. The highest BCUT2D eigenvalue weighted by atomic mass is 32.2. The molecule has 1 aromatic heterocycles. The molecule has 7 heteroatoms. The molecule has 1 heterocycles. The molecule has 0 spiro atoms. The quantitative estimate of drug-likeness (QED) is 0.718. The van der Waals surface area contributed by atoms with E-state index >= 15 is 0 Å². The minimum Gasteiger partial charge on any atom is -0.354 e. The number of rotatable bonds is 5. The van der Waals surface area contributed by atoms with Crippen molar-refractivity contribution in [2.45, 2.75) is 11.8 Å². The second-order valence-electron chi connectivity index (χ2n) is 5.62. The van der Waals surface area contributed by atoms with Gasteiger partial charge < -0.3 is 5.32 Å². The summed E-state index contributed by atoms with van der Waals surface area (Å²) in [6.07, 6.45) is 1.52. The van der Waals surface area contributed by atoms with Gasteiger partial charge in [0.15, 0.2) is 0 Å². The van der Waals surface area contributed by atoms with E-state index in [0.29, 0.717) is 16.8 Å². The Hall–Kier alpha value is -3.37. The molecule has 0 bridgehead atoms. The van der Waals surface area contributed by atoms with Crippen molar-refractivity contribution in [3.63, 3.8) is 0 Å². The van der Waals surface area contributed by atoms with E-state index in [0.717, 1.165) is 5.69 Å². The van der Waals surface area contributed by atoms with Gasteiger partial charge in [0.25, 0.3) is 10.0 Å². The lowest BCUT2D eigenvalue weighted by Crippen LogP contribution is -2.15. The van der Waals surface area contributed by atoms with Crippen LogP contribution in [-0.4, -0.2) is 13.4 Å². The summed E-state index contributed by atoms with van der Waals surface area (Å²) in [6.45, 7) is 1.74. The highest BCUT2D eigenvalue weighted by Gasteiger charge is 2.16. The van der Waals surface area contributed by atoms with Gasteiger partial charge in [-0.05, 0) is 48.9 Å². The Morgan fingerprint density at radius 2 is 1.81 bits per heavy atom. The zero-order valence-electron chi connectivity index (χ0n) is 14.0. The Balaban J connectivity index is 1.76. The van der Waals surface area contributed by atoms with Crippen molar-refractivity contribution in [1.29, 1.82) is 5.26 Å². The highest BCUT2D eigenvalue weighted by molar-refractivity contribution is 7.92. The van der Waals surface area contributed by atoms with Crippen molar-refractivity contribution >= 4 is 27.2 Å². The topological polar surface area (TPSA) is 94.9 Å². The molecular weight excluding hydrogens is 348 g/mol. The van der Waals surface area contributed by atoms with Gasteiger partial charge in [0.05, 0.1) is 28.4 Å². The standard InChI is InChI=1S/C19H16N4O2S/c1-14-5-2-3-8-18(14)26(24,25)23-19-10-9-17(13-21-19)22-16-7-4-6-15(11-16)12-20/h2-11,13,22H,1H3,(H,21,23). The fraction of sp³-hybridized carbons (Fsp3) is 0.0526. The van der Waals surface area contributed by atoms with Gasteiger partial charge in [0.2, 0.25) is 0 Å². The molecule has 0 amide bonds. The number of anilines is 3. The number of nitriles is 1. The molecule has 3 rings (SSSR count). The van der Waals surface area contributed by atoms with Crippen molar-refractivity contribution in [1.82, 2.24) is 4.98 Å². The zero-order chi connectivity index (χ0) is 18.6. The number of nitrogens with zero attached hydrogens (tertiary/aromatic N) is 2. The number of pyridine rings is 1. The average molecular weight is 364 g/mol. The third-order valence-corrected chi connectivity index (χ3v) is 5.18. The maximum Gasteiger partial charge on any atom is 0.263 e. The molecule has 0 fully saturated rings. The monoisotopic (exact) mass is 364 g/mol. The Labute approximate surface area is 152 Å². The summed E-state index contributed by atoms with van der Waals surface area (Å²) in [4.78, 5) is 4.36. The van der Waals surface area contributed by atoms with Crippen LogP contribution < -0.4 is 10.0 Å². The first-order valence-electron chi connectivity index (χ1n) is 7.80. The highest BCUT2D eigenvalue weighted by Crippen LogP contribution is 2.21. The van der Waals surface area contributed by atoms with Crippen LogP contribution in [0.5, 0.6) is 0 Å². The van der Waals surface area contributed by atoms with Crippen molar-refractivity contribution in [2.24, 2.45) is 0 Å². The summed E-state index contributed by atoms with van der Waals surface area (Å²) in [6, 6.07) is 19.2. The van der Waals surface area contributed by atoms with Crippen LogP contribution in [0.15, 0.2) is 71.8 Å². The Kier molecular flexibility index (Phi) is 4.87. The van der Waals surface area contributed by atoms with Crippen LogP contribution in [0.1, 0.15) is 11.1 Å². The van der Waals surface area contributed by atoms with Crippen LogP contribution >= 0.6 is 0 Å². The molecule has 0 aliphatic carbocycles. The molecular formula is C19H16N4O2S. The van der Waals surface area contributed by atoms with Crippen molar-refractivity contribution in [3.8, 4) is 6.07 Å². The number of aromatic nitrogens is 1. The van der Waals surface area contributed by atoms with Crippen LogP contribution in [0.2, 0.25) is 0 Å². The normalized spacial score (nSPS) is 10.8. The maximum absolute atomic E-state index is 12.5. The van der Waals surface area contributed by atoms with Gasteiger partial charge in [-0.3, -0.25) is 4.72 Å². The van der Waals surface area contributed by atoms with Crippen molar-refractivity contribution in [2.75, 3.05) is 10.0 Å². The molecule has 0 atom stereocenters. The third-order valence-electron chi connectivity index (χ3n) is 3.67. The number of aryl methyl sites for hydroxylation is 1. The van der Waals surface area contributed by atoms with E-state index in [4.69, 9.17) is 5.26 Å². The molecule has 26 heavy (non-hydrogen) atoms. The Morgan fingerprint density at radius 3 is 2.50 bits per heavy atom. The Morgan fingerprint density at radius 1 is 1.00 bits per heavy atom. The number of nitrogens with one attached hydrogen (secondary N) is 2. The molecule has 0 aliphatic heterocycles. The van der Waals surface area contributed by atoms with Crippen LogP contribution in [-0.2, 0) is 10.0 Å². The predicted molar refractivity (Wildman–Crippen MR) is 101 cm³/mol. The van der Waals surface area contributed by atoms with E-state index in [1.54, 1.807) is 61.5 Å². The molecule has 0 radical (unpaired) electrons. The molecule has 0 saturated heterocycles. The number of sulfonamides is 1. The second kappa shape index (κ2) is 7.25. The smallest absolute Gasteiger partial charge is 0.263 e. The number of benzene rings is 2. The van der Waals surface area contributed by atoms with Gasteiger partial charge in [0, 0.05) is 5.69 Å². The molecule has 0 saturated carbocycles. The fourth-order valence-corrected chi connectivity index (χ4v) is 3.67. The Bertz CT molecular complexity index is 1070. The van der Waals surface area contributed by atoms with E-state index in [9.17, 15) is 8.42 Å². The largest absolute Gasteiger partial charge is 0.354 e. The van der Waals surface area contributed by atoms with Gasteiger partial charge in [-0.2, -0.15) is 5.26 Å². The molecule has 0 unspecified atom stereocenters. The van der Waals surface area contributed by atoms with Gasteiger partial charge in [-0.15, -0.1) is 0 Å². The molecule has 0 aliphatic rings. The van der Waals surface area contributed by atoms with Gasteiger partial charge in [-0.1, -0.05) is 24.3 Å². The molecule has 2 N–H and O–H groups in total. The number of hydrogen-bond acceptors (Lipinski definition) is 5. The fourth-order valence-electron chi connectivity index (χ4n) is 2.41. The number of hydrogen-bond donors (Lipinski definition) is 2. The van der Waals surface area contributed by atoms with Gasteiger partial charge in [0.1, 0.15) is 5.82 Å². The summed E-state index contributed by atoms with van der Waals surface area (Å²) in [5.74, 6) is 0.226. The molecule has 2 aromatic carbocycles. The predicted octanol–water partition coefficient (Wildman–Crippen LogP) is 3.81. The average Bonchev–Trinajstić information content (AvgIpc) is 2.63. The summed E-state index contributed by atoms with van der Waals surface area (Å²) >= 11 is 0. The van der Waals surface area contributed by atoms with Crippen molar-refractivity contribution < 1.29 is 8.42 Å². The van der Waals surface area contributed by atoms with Gasteiger partial charge in [-0.25, -0.2) is 13.4 Å². The summed E-state index contributed by atoms with van der Waals surface area (Å²) in [5, 5.41) is 12.0. The van der Waals surface area contributed by atoms with Gasteiger partial charge >= 0.3 is 0 Å². The minimum atomic E-state index is -3.69. The van der Waals surface area contributed by atoms with Crippen LogP contribution in [0.4, 0.5) is 17.2 Å². The minimum absolute atomic E-state index is 0.220. The van der Waals surface area contributed by atoms with Crippen molar-refractivity contribution in [3.05, 3.63) is 78.0 Å². The first-order chi connectivity index (χ1) is 12.5. The molecule has 6 nitrogen and oxygen atoms in total. The molecule has 130 valence electrons. The van der Waals surface area contributed by atoms with E-state index < -0.39 is 10.0 Å². The van der Waals surface area contributed by atoms with E-state index in [-0.39, 0.29) is 10.7 Å². The molecule has 3 aromatic rings. The zero-order valence-corrected chi connectivity index (χ0v) is 14.8. The van der Waals surface area contributed by atoms with E-state index in [1.807, 2.05) is 6.07 Å². The first-order valence-corrected chi connectivity index (χ1v) is 9.28. The second-order valence-corrected chi connectivity index (χ2v) is 7.27. The maximum atomic E-state index is 12.5. The summed E-state index contributed by atoms with van der Waals surface area (Å²) in [5.41, 5.74) is 2.64. The SMILES string of the molecule is Cc1ccccc1S(=O)(=O)Nc1ccc(Nc2cccc(C#N)c2)cn1. The third kappa shape index (κ3) is 3.99. The van der Waals surface area contributed by atoms with Crippen LogP contribution in [0.25, 0.3) is 0 Å². The first kappa shape index (κ1) is 17.5. The van der Waals surface area contributed by atoms with Crippen LogP contribution in [0.3, 0.4) is 0 Å². The van der Waals surface area contributed by atoms with E-state index in [2.05, 4.69) is 21.1 Å². The lowest BCUT2D eigenvalue weighted by Gasteiger charge is -2.11. The lowest BCUT2D eigenvalue weighted by atomic mass is 10.2. The summed E-state index contributed by atoms with van der Waals surface area (Å²) < 4.78 is 27.4. The summed E-state index contributed by atoms with van der Waals surface area (Å²) in [7, 11) is -3.69. The van der Waals surface area contributed by atoms with E-state index in [1.165, 1.54) is 6.20 Å².